The average Bonchev–Trinajstić information content (AvgIpc) is 2.63. The molecule has 0 aliphatic carbocycles. The molecule has 0 unspecified atom stereocenters. The van der Waals surface area contributed by atoms with Gasteiger partial charge in [-0.15, -0.1) is 0 Å². The van der Waals surface area contributed by atoms with E-state index in [9.17, 15) is 9.59 Å². The third kappa shape index (κ3) is 4.00. The number of carbonyl (C=O) groups is 2. The van der Waals surface area contributed by atoms with Crippen LogP contribution in [0.1, 0.15) is 33.6 Å². The quantitative estimate of drug-likeness (QED) is 0.693. The molecule has 5 heteroatoms. The van der Waals surface area contributed by atoms with Gasteiger partial charge in [-0.1, -0.05) is 0 Å². The predicted octanol–water partition coefficient (Wildman–Crippen LogP) is 0.965. The van der Waals surface area contributed by atoms with Crippen LogP contribution >= 0.6 is 0 Å². The van der Waals surface area contributed by atoms with Crippen molar-refractivity contribution in [2.45, 2.75) is 45.3 Å². The number of ether oxygens (including phenoxy) is 2. The van der Waals surface area contributed by atoms with Crippen molar-refractivity contribution >= 4 is 11.9 Å². The molecule has 0 aromatic rings. The summed E-state index contributed by atoms with van der Waals surface area (Å²) in [5.74, 6) is -0.472. The molecule has 1 amide bonds. The predicted molar refractivity (Wildman–Crippen MR) is 62.5 cm³/mol. The van der Waals surface area contributed by atoms with Crippen LogP contribution in [-0.2, 0) is 19.1 Å². The summed E-state index contributed by atoms with van der Waals surface area (Å²) >= 11 is 0. The lowest BCUT2D eigenvalue weighted by molar-refractivity contribution is -0.163. The smallest absolute Gasteiger partial charge is 0.329 e. The Labute approximate surface area is 102 Å². The van der Waals surface area contributed by atoms with Crippen molar-refractivity contribution in [2.24, 2.45) is 0 Å². The lowest BCUT2D eigenvalue weighted by Gasteiger charge is -2.27. The van der Waals surface area contributed by atoms with E-state index >= 15 is 0 Å². The van der Waals surface area contributed by atoms with Gasteiger partial charge in [0.1, 0.15) is 18.2 Å². The van der Waals surface area contributed by atoms with E-state index in [2.05, 4.69) is 0 Å². The first kappa shape index (κ1) is 14.0. The summed E-state index contributed by atoms with van der Waals surface area (Å²) in [6.45, 7) is 6.08. The Morgan fingerprint density at radius 2 is 2.00 bits per heavy atom. The molecule has 1 saturated heterocycles. The van der Waals surface area contributed by atoms with E-state index in [-0.39, 0.29) is 18.5 Å². The van der Waals surface area contributed by atoms with Gasteiger partial charge in [-0.3, -0.25) is 4.79 Å². The molecule has 0 aromatic heterocycles. The fraction of sp³-hybridized carbons (Fsp3) is 0.833. The molecule has 0 spiro atoms. The number of hydrogen-bond donors (Lipinski definition) is 0. The number of likely N-dealkylation sites (tertiary alicyclic amines) is 1. The van der Waals surface area contributed by atoms with Crippen LogP contribution in [0.4, 0.5) is 0 Å². The molecule has 1 heterocycles. The van der Waals surface area contributed by atoms with Gasteiger partial charge < -0.3 is 14.4 Å². The van der Waals surface area contributed by atoms with E-state index < -0.39 is 11.6 Å². The highest BCUT2D eigenvalue weighted by atomic mass is 16.6. The van der Waals surface area contributed by atoms with Crippen LogP contribution in [0.15, 0.2) is 0 Å². The topological polar surface area (TPSA) is 55.8 Å². The molecule has 98 valence electrons. The molecule has 1 aliphatic heterocycles. The van der Waals surface area contributed by atoms with Crippen LogP contribution in [0.5, 0.6) is 0 Å². The Hall–Kier alpha value is -1.10. The SMILES string of the molecule is COCC(=O)N1CCC[C@H]1C(=O)OC(C)(C)C. The summed E-state index contributed by atoms with van der Waals surface area (Å²) in [5, 5.41) is 0. The van der Waals surface area contributed by atoms with Gasteiger partial charge >= 0.3 is 5.97 Å². The minimum atomic E-state index is -0.518. The molecule has 0 aromatic carbocycles. The molecule has 0 saturated carbocycles. The van der Waals surface area contributed by atoms with Gasteiger partial charge in [-0.05, 0) is 33.6 Å². The van der Waals surface area contributed by atoms with Crippen LogP contribution < -0.4 is 0 Å². The van der Waals surface area contributed by atoms with Gasteiger partial charge in [0, 0.05) is 13.7 Å². The number of carbonyl (C=O) groups excluding carboxylic acids is 2. The maximum absolute atomic E-state index is 11.9. The fourth-order valence-corrected chi connectivity index (χ4v) is 1.89. The minimum Gasteiger partial charge on any atom is -0.458 e. The normalized spacial score (nSPS) is 20.5. The zero-order chi connectivity index (χ0) is 13.1. The second-order valence-electron chi connectivity index (χ2n) is 5.21. The zero-order valence-electron chi connectivity index (χ0n) is 11.0. The fourth-order valence-electron chi connectivity index (χ4n) is 1.89. The van der Waals surface area contributed by atoms with Crippen LogP contribution in [0, 0.1) is 0 Å². The number of methoxy groups -OCH3 is 1. The van der Waals surface area contributed by atoms with E-state index in [0.29, 0.717) is 13.0 Å². The molecule has 1 rings (SSSR count). The number of esters is 1. The monoisotopic (exact) mass is 243 g/mol. The van der Waals surface area contributed by atoms with Gasteiger partial charge in [-0.2, -0.15) is 0 Å². The zero-order valence-corrected chi connectivity index (χ0v) is 11.0. The third-order valence-corrected chi connectivity index (χ3v) is 2.52. The van der Waals surface area contributed by atoms with Crippen molar-refractivity contribution in [1.29, 1.82) is 0 Å². The van der Waals surface area contributed by atoms with Gasteiger partial charge in [0.2, 0.25) is 5.91 Å². The summed E-state index contributed by atoms with van der Waals surface area (Å²) in [7, 11) is 1.47. The van der Waals surface area contributed by atoms with Crippen molar-refractivity contribution in [2.75, 3.05) is 20.3 Å². The first-order valence-electron chi connectivity index (χ1n) is 5.86. The average molecular weight is 243 g/mol. The minimum absolute atomic E-state index is 0.0132. The maximum Gasteiger partial charge on any atom is 0.329 e. The van der Waals surface area contributed by atoms with Gasteiger partial charge in [0.25, 0.3) is 0 Å². The standard InChI is InChI=1S/C12H21NO4/c1-12(2,3)17-11(15)9-6-5-7-13(9)10(14)8-16-4/h9H,5-8H2,1-4H3/t9-/m0/s1. The van der Waals surface area contributed by atoms with E-state index in [1.54, 1.807) is 4.90 Å². The molecule has 1 atom stereocenters. The lowest BCUT2D eigenvalue weighted by Crippen LogP contribution is -2.44. The lowest BCUT2D eigenvalue weighted by atomic mass is 10.1. The highest BCUT2D eigenvalue weighted by Gasteiger charge is 2.36. The third-order valence-electron chi connectivity index (χ3n) is 2.52. The van der Waals surface area contributed by atoms with E-state index in [1.165, 1.54) is 7.11 Å². The van der Waals surface area contributed by atoms with Gasteiger partial charge in [0.15, 0.2) is 0 Å². The Kier molecular flexibility index (Phi) is 4.51. The Bertz CT molecular complexity index is 295. The molecular formula is C12H21NO4. The van der Waals surface area contributed by atoms with Crippen molar-refractivity contribution in [3.8, 4) is 0 Å². The van der Waals surface area contributed by atoms with E-state index in [0.717, 1.165) is 6.42 Å². The summed E-state index contributed by atoms with van der Waals surface area (Å²) in [5.41, 5.74) is -0.518. The summed E-state index contributed by atoms with van der Waals surface area (Å²) in [6.07, 6.45) is 1.50. The van der Waals surface area contributed by atoms with Crippen molar-refractivity contribution in [1.82, 2.24) is 4.90 Å². The first-order chi connectivity index (χ1) is 7.85. The van der Waals surface area contributed by atoms with Crippen molar-refractivity contribution in [3.63, 3.8) is 0 Å². The molecular weight excluding hydrogens is 222 g/mol. The molecule has 0 N–H and O–H groups in total. The number of nitrogens with zero attached hydrogens (tertiary/aromatic N) is 1. The largest absolute Gasteiger partial charge is 0.458 e. The highest BCUT2D eigenvalue weighted by Crippen LogP contribution is 2.21. The number of hydrogen-bond acceptors (Lipinski definition) is 4. The molecule has 1 fully saturated rings. The molecule has 5 nitrogen and oxygen atoms in total. The van der Waals surface area contributed by atoms with Gasteiger partial charge in [0.05, 0.1) is 0 Å². The molecule has 0 bridgehead atoms. The van der Waals surface area contributed by atoms with Crippen molar-refractivity contribution in [3.05, 3.63) is 0 Å². The van der Waals surface area contributed by atoms with E-state index in [1.807, 2.05) is 20.8 Å². The van der Waals surface area contributed by atoms with Gasteiger partial charge in [-0.25, -0.2) is 4.79 Å². The molecule has 1 aliphatic rings. The van der Waals surface area contributed by atoms with Crippen LogP contribution in [-0.4, -0.2) is 48.7 Å². The first-order valence-corrected chi connectivity index (χ1v) is 5.86. The second kappa shape index (κ2) is 5.49. The summed E-state index contributed by atoms with van der Waals surface area (Å²) in [4.78, 5) is 25.2. The van der Waals surface area contributed by atoms with Crippen LogP contribution in [0.25, 0.3) is 0 Å². The highest BCUT2D eigenvalue weighted by molar-refractivity contribution is 5.86. The van der Waals surface area contributed by atoms with Crippen LogP contribution in [0.2, 0.25) is 0 Å². The molecule has 17 heavy (non-hydrogen) atoms. The van der Waals surface area contributed by atoms with Crippen molar-refractivity contribution < 1.29 is 19.1 Å². The summed E-state index contributed by atoms with van der Waals surface area (Å²) < 4.78 is 10.1. The second-order valence-corrected chi connectivity index (χ2v) is 5.21. The number of rotatable bonds is 3. The van der Waals surface area contributed by atoms with Crippen LogP contribution in [0.3, 0.4) is 0 Å². The maximum atomic E-state index is 11.9. The van der Waals surface area contributed by atoms with E-state index in [4.69, 9.17) is 9.47 Å². The molecule has 0 radical (unpaired) electrons. The summed E-state index contributed by atoms with van der Waals surface area (Å²) in [6, 6.07) is -0.447. The Morgan fingerprint density at radius 3 is 2.53 bits per heavy atom. The Morgan fingerprint density at radius 1 is 1.35 bits per heavy atom. The Balaban J connectivity index is 2.63. The number of amides is 1.